The van der Waals surface area contributed by atoms with Crippen LogP contribution >= 0.6 is 0 Å². The minimum Gasteiger partial charge on any atom is -0.480 e. The lowest BCUT2D eigenvalue weighted by Crippen LogP contribution is -2.40. The van der Waals surface area contributed by atoms with Crippen LogP contribution < -0.4 is 5.32 Å². The van der Waals surface area contributed by atoms with Crippen molar-refractivity contribution in [2.45, 2.75) is 96.8 Å². The molecule has 0 bridgehead atoms. The highest BCUT2D eigenvalue weighted by atomic mass is 16.5. The van der Waals surface area contributed by atoms with E-state index in [1.807, 2.05) is 57.2 Å². The van der Waals surface area contributed by atoms with Crippen molar-refractivity contribution in [1.29, 1.82) is 0 Å². The van der Waals surface area contributed by atoms with Crippen LogP contribution in [-0.2, 0) is 20.7 Å². The van der Waals surface area contributed by atoms with Crippen LogP contribution in [0.2, 0.25) is 0 Å². The molecule has 1 amide bonds. The van der Waals surface area contributed by atoms with Gasteiger partial charge in [-0.1, -0.05) is 69.0 Å². The molecule has 202 valence electrons. The highest BCUT2D eigenvalue weighted by Gasteiger charge is 2.23. The van der Waals surface area contributed by atoms with Crippen molar-refractivity contribution in [3.63, 3.8) is 0 Å². The first-order valence-electron chi connectivity index (χ1n) is 13.9. The fraction of sp³-hybridized carbons (Fsp3) is 0.548. The SMILES string of the molecule is CCC[C@H](NC(=O)c1ccc(CCC(COCC)OC2CCCCC2)cc1-c1ccccc1C)C(=O)O. The molecule has 2 aromatic rings. The van der Waals surface area contributed by atoms with E-state index in [4.69, 9.17) is 9.47 Å². The second kappa shape index (κ2) is 14.9. The molecule has 1 aliphatic rings. The molecule has 0 aliphatic heterocycles. The number of hydrogen-bond donors (Lipinski definition) is 2. The summed E-state index contributed by atoms with van der Waals surface area (Å²) in [6, 6.07) is 13.0. The third kappa shape index (κ3) is 8.68. The minimum atomic E-state index is -1.01. The van der Waals surface area contributed by atoms with E-state index >= 15 is 0 Å². The van der Waals surface area contributed by atoms with Crippen molar-refractivity contribution in [1.82, 2.24) is 5.32 Å². The Balaban J connectivity index is 1.82. The third-order valence-corrected chi connectivity index (χ3v) is 7.14. The Morgan fingerprint density at radius 2 is 1.78 bits per heavy atom. The van der Waals surface area contributed by atoms with Gasteiger partial charge in [-0.3, -0.25) is 4.79 Å². The molecule has 6 heteroatoms. The van der Waals surface area contributed by atoms with Gasteiger partial charge in [-0.25, -0.2) is 4.79 Å². The van der Waals surface area contributed by atoms with Crippen molar-refractivity contribution < 1.29 is 24.2 Å². The molecular weight excluding hydrogens is 466 g/mol. The number of carbonyl (C=O) groups excluding carboxylic acids is 1. The summed E-state index contributed by atoms with van der Waals surface area (Å²) in [5, 5.41) is 12.3. The number of ether oxygens (including phenoxy) is 2. The van der Waals surface area contributed by atoms with Gasteiger partial charge in [0.15, 0.2) is 0 Å². The molecule has 0 saturated heterocycles. The number of nitrogens with one attached hydrogen (secondary N) is 1. The summed E-state index contributed by atoms with van der Waals surface area (Å²) in [6.45, 7) is 7.20. The average molecular weight is 510 g/mol. The maximum atomic E-state index is 13.2. The van der Waals surface area contributed by atoms with Gasteiger partial charge in [0.2, 0.25) is 0 Å². The van der Waals surface area contributed by atoms with Crippen LogP contribution in [0.5, 0.6) is 0 Å². The smallest absolute Gasteiger partial charge is 0.326 e. The molecule has 0 aromatic heterocycles. The zero-order valence-electron chi connectivity index (χ0n) is 22.6. The zero-order valence-corrected chi connectivity index (χ0v) is 22.6. The molecule has 6 nitrogen and oxygen atoms in total. The van der Waals surface area contributed by atoms with Gasteiger partial charge >= 0.3 is 5.97 Å². The molecule has 1 aliphatic carbocycles. The van der Waals surface area contributed by atoms with E-state index in [-0.39, 0.29) is 12.0 Å². The topological polar surface area (TPSA) is 84.9 Å². The molecule has 3 rings (SSSR count). The lowest BCUT2D eigenvalue weighted by atomic mass is 9.92. The van der Waals surface area contributed by atoms with E-state index in [9.17, 15) is 14.7 Å². The van der Waals surface area contributed by atoms with E-state index in [0.717, 1.165) is 47.9 Å². The first kappa shape index (κ1) is 28.9. The van der Waals surface area contributed by atoms with Crippen LogP contribution in [0.15, 0.2) is 42.5 Å². The molecule has 0 spiro atoms. The number of carboxylic acid groups (broad SMARTS) is 1. The second-order valence-electron chi connectivity index (χ2n) is 10.1. The van der Waals surface area contributed by atoms with Crippen LogP contribution in [-0.4, -0.2) is 48.4 Å². The first-order chi connectivity index (χ1) is 17.9. The van der Waals surface area contributed by atoms with Crippen molar-refractivity contribution >= 4 is 11.9 Å². The fourth-order valence-electron chi connectivity index (χ4n) is 5.07. The van der Waals surface area contributed by atoms with Gasteiger partial charge in [-0.2, -0.15) is 0 Å². The van der Waals surface area contributed by atoms with Crippen molar-refractivity contribution in [3.8, 4) is 11.1 Å². The maximum Gasteiger partial charge on any atom is 0.326 e. The van der Waals surface area contributed by atoms with Crippen LogP contribution in [0.25, 0.3) is 11.1 Å². The van der Waals surface area contributed by atoms with E-state index in [2.05, 4.69) is 11.4 Å². The lowest BCUT2D eigenvalue weighted by Gasteiger charge is -2.27. The van der Waals surface area contributed by atoms with Gasteiger partial charge in [0.05, 0.1) is 18.8 Å². The summed E-state index contributed by atoms with van der Waals surface area (Å²) < 4.78 is 12.2. The summed E-state index contributed by atoms with van der Waals surface area (Å²) in [5.74, 6) is -1.37. The molecule has 2 aromatic carbocycles. The highest BCUT2D eigenvalue weighted by Crippen LogP contribution is 2.29. The number of amides is 1. The van der Waals surface area contributed by atoms with E-state index < -0.39 is 12.0 Å². The van der Waals surface area contributed by atoms with Gasteiger partial charge in [-0.05, 0) is 74.3 Å². The Morgan fingerprint density at radius 3 is 2.46 bits per heavy atom. The average Bonchev–Trinajstić information content (AvgIpc) is 2.90. The quantitative estimate of drug-likeness (QED) is 0.311. The van der Waals surface area contributed by atoms with Crippen molar-refractivity contribution in [2.75, 3.05) is 13.2 Å². The molecule has 0 heterocycles. The number of aryl methyl sites for hydroxylation is 2. The maximum absolute atomic E-state index is 13.2. The Kier molecular flexibility index (Phi) is 11.6. The molecular formula is C31H43NO5. The normalized spacial score (nSPS) is 15.8. The summed E-state index contributed by atoms with van der Waals surface area (Å²) in [4.78, 5) is 24.9. The van der Waals surface area contributed by atoms with Gasteiger partial charge in [0.25, 0.3) is 5.91 Å². The van der Waals surface area contributed by atoms with Crippen LogP contribution in [0.1, 0.15) is 86.7 Å². The van der Waals surface area contributed by atoms with E-state index in [1.165, 1.54) is 19.3 Å². The Morgan fingerprint density at radius 1 is 1.03 bits per heavy atom. The fourth-order valence-corrected chi connectivity index (χ4v) is 5.07. The van der Waals surface area contributed by atoms with Crippen molar-refractivity contribution in [2.24, 2.45) is 0 Å². The van der Waals surface area contributed by atoms with Crippen molar-refractivity contribution in [3.05, 3.63) is 59.2 Å². The number of carbonyl (C=O) groups is 2. The van der Waals surface area contributed by atoms with Gasteiger partial charge in [0, 0.05) is 12.2 Å². The lowest BCUT2D eigenvalue weighted by molar-refractivity contribution is -0.139. The molecule has 37 heavy (non-hydrogen) atoms. The second-order valence-corrected chi connectivity index (χ2v) is 10.1. The van der Waals surface area contributed by atoms with Gasteiger partial charge in [0.1, 0.15) is 6.04 Å². The molecule has 2 atom stereocenters. The third-order valence-electron chi connectivity index (χ3n) is 7.14. The van der Waals surface area contributed by atoms with Crippen LogP contribution in [0, 0.1) is 6.92 Å². The largest absolute Gasteiger partial charge is 0.480 e. The zero-order chi connectivity index (χ0) is 26.6. The Labute approximate surface area is 221 Å². The molecule has 2 N–H and O–H groups in total. The number of carboxylic acids is 1. The van der Waals surface area contributed by atoms with Gasteiger partial charge < -0.3 is 19.9 Å². The van der Waals surface area contributed by atoms with E-state index in [0.29, 0.717) is 37.7 Å². The number of hydrogen-bond acceptors (Lipinski definition) is 4. The van der Waals surface area contributed by atoms with Gasteiger partial charge in [-0.15, -0.1) is 0 Å². The summed E-state index contributed by atoms with van der Waals surface area (Å²) in [7, 11) is 0. The first-order valence-corrected chi connectivity index (χ1v) is 13.9. The molecule has 0 radical (unpaired) electrons. The van der Waals surface area contributed by atoms with Crippen LogP contribution in [0.3, 0.4) is 0 Å². The molecule has 1 saturated carbocycles. The Hall–Kier alpha value is -2.70. The highest BCUT2D eigenvalue weighted by molar-refractivity contribution is 6.02. The summed E-state index contributed by atoms with van der Waals surface area (Å²) in [5.41, 5.74) is 4.47. The predicted octanol–water partition coefficient (Wildman–Crippen LogP) is 6.33. The monoisotopic (exact) mass is 509 g/mol. The predicted molar refractivity (Wildman–Crippen MR) is 147 cm³/mol. The Bertz CT molecular complexity index is 1010. The van der Waals surface area contributed by atoms with E-state index in [1.54, 1.807) is 0 Å². The standard InChI is InChI=1S/C31H43NO5/c1-4-11-29(31(34)35)32-30(33)27-19-17-23(20-28(27)26-15-10-9-12-22(26)3)16-18-25(21-36-5-2)37-24-13-7-6-8-14-24/h9-10,12,15,17,19-20,24-25,29H,4-8,11,13-14,16,18,21H2,1-3H3,(H,32,33)(H,34,35)/t25?,29-/m0/s1. The number of aliphatic carboxylic acids is 1. The summed E-state index contributed by atoms with van der Waals surface area (Å²) >= 11 is 0. The summed E-state index contributed by atoms with van der Waals surface area (Å²) in [6.07, 6.45) is 9.07. The number of benzene rings is 2. The number of rotatable bonds is 14. The molecule has 1 fully saturated rings. The molecule has 1 unspecified atom stereocenters. The minimum absolute atomic E-state index is 0.0401. The van der Waals surface area contributed by atoms with Crippen LogP contribution in [0.4, 0.5) is 0 Å².